The van der Waals surface area contributed by atoms with Crippen LogP contribution >= 0.6 is 11.6 Å². The molecule has 0 amide bonds. The van der Waals surface area contributed by atoms with Crippen LogP contribution in [0.1, 0.15) is 5.56 Å². The molecule has 1 aromatic carbocycles. The van der Waals surface area contributed by atoms with Crippen LogP contribution in [0.4, 0.5) is 4.39 Å². The van der Waals surface area contributed by atoms with E-state index in [1.54, 1.807) is 6.07 Å². The van der Waals surface area contributed by atoms with Gasteiger partial charge in [-0.15, -0.1) is 0 Å². The standard InChI is InChI=1S/C8H9ClFNO2/c1-12-8-5(4-13-11)2-3-6(9)7(8)10/h2-3H,4,11H2,1H3. The van der Waals surface area contributed by atoms with Gasteiger partial charge in [-0.1, -0.05) is 17.7 Å². The number of hydrogen-bond acceptors (Lipinski definition) is 3. The van der Waals surface area contributed by atoms with Gasteiger partial charge in [0.2, 0.25) is 0 Å². The lowest BCUT2D eigenvalue weighted by atomic mass is 10.2. The van der Waals surface area contributed by atoms with Gasteiger partial charge in [-0.2, -0.15) is 0 Å². The Morgan fingerprint density at radius 3 is 2.77 bits per heavy atom. The topological polar surface area (TPSA) is 44.5 Å². The highest BCUT2D eigenvalue weighted by molar-refractivity contribution is 6.30. The first kappa shape index (κ1) is 10.2. The second-order valence-electron chi connectivity index (χ2n) is 2.36. The summed E-state index contributed by atoms with van der Waals surface area (Å²) in [6.45, 7) is 0.0806. The van der Waals surface area contributed by atoms with Gasteiger partial charge in [-0.3, -0.25) is 4.84 Å². The first-order valence-corrected chi connectivity index (χ1v) is 3.91. The van der Waals surface area contributed by atoms with Crippen LogP contribution in [0.2, 0.25) is 5.02 Å². The molecule has 0 bridgehead atoms. The summed E-state index contributed by atoms with van der Waals surface area (Å²) in [5.74, 6) is 4.33. The van der Waals surface area contributed by atoms with Crippen molar-refractivity contribution in [2.45, 2.75) is 6.61 Å². The van der Waals surface area contributed by atoms with Gasteiger partial charge in [0.15, 0.2) is 11.6 Å². The quantitative estimate of drug-likeness (QED) is 0.767. The Morgan fingerprint density at radius 1 is 1.54 bits per heavy atom. The fraction of sp³-hybridized carbons (Fsp3) is 0.250. The summed E-state index contributed by atoms with van der Waals surface area (Å²) in [7, 11) is 1.36. The van der Waals surface area contributed by atoms with Crippen LogP contribution in [0.3, 0.4) is 0 Å². The molecule has 0 saturated heterocycles. The number of rotatable bonds is 3. The number of hydrogen-bond donors (Lipinski definition) is 1. The molecule has 1 aromatic rings. The van der Waals surface area contributed by atoms with Gasteiger partial charge in [0.05, 0.1) is 18.7 Å². The zero-order valence-electron chi connectivity index (χ0n) is 7.01. The highest BCUT2D eigenvalue weighted by Crippen LogP contribution is 2.28. The summed E-state index contributed by atoms with van der Waals surface area (Å²) in [5, 5.41) is 0.0117. The maximum absolute atomic E-state index is 13.2. The van der Waals surface area contributed by atoms with E-state index >= 15 is 0 Å². The highest BCUT2D eigenvalue weighted by atomic mass is 35.5. The van der Waals surface area contributed by atoms with E-state index in [4.69, 9.17) is 22.2 Å². The van der Waals surface area contributed by atoms with Crippen LogP contribution in [0, 0.1) is 5.82 Å². The monoisotopic (exact) mass is 205 g/mol. The van der Waals surface area contributed by atoms with Crippen molar-refractivity contribution in [1.82, 2.24) is 0 Å². The number of benzene rings is 1. The number of methoxy groups -OCH3 is 1. The lowest BCUT2D eigenvalue weighted by Crippen LogP contribution is -2.02. The summed E-state index contributed by atoms with van der Waals surface area (Å²) in [6, 6.07) is 3.02. The minimum absolute atomic E-state index is 0.0117. The molecular formula is C8H9ClFNO2. The summed E-state index contributed by atoms with van der Waals surface area (Å²) < 4.78 is 18.0. The van der Waals surface area contributed by atoms with Crippen molar-refractivity contribution in [3.05, 3.63) is 28.5 Å². The Kier molecular flexibility index (Phi) is 3.48. The predicted molar refractivity (Wildman–Crippen MR) is 46.9 cm³/mol. The molecule has 0 saturated carbocycles. The molecule has 0 aliphatic carbocycles. The smallest absolute Gasteiger partial charge is 0.183 e. The fourth-order valence-corrected chi connectivity index (χ4v) is 1.14. The average Bonchev–Trinajstić information content (AvgIpc) is 2.12. The third kappa shape index (κ3) is 2.09. The van der Waals surface area contributed by atoms with Crippen molar-refractivity contribution >= 4 is 11.6 Å². The lowest BCUT2D eigenvalue weighted by molar-refractivity contribution is 0.121. The van der Waals surface area contributed by atoms with Gasteiger partial charge in [0, 0.05) is 5.56 Å². The SMILES string of the molecule is COc1c(CON)ccc(Cl)c1F. The van der Waals surface area contributed by atoms with Crippen LogP contribution in [0.25, 0.3) is 0 Å². The van der Waals surface area contributed by atoms with Gasteiger partial charge in [-0.05, 0) is 6.07 Å². The first-order valence-electron chi connectivity index (χ1n) is 3.53. The van der Waals surface area contributed by atoms with E-state index in [2.05, 4.69) is 4.84 Å². The molecule has 13 heavy (non-hydrogen) atoms. The predicted octanol–water partition coefficient (Wildman–Crippen LogP) is 1.88. The molecule has 3 nitrogen and oxygen atoms in total. The Morgan fingerprint density at radius 2 is 2.23 bits per heavy atom. The molecule has 5 heteroatoms. The van der Waals surface area contributed by atoms with Gasteiger partial charge in [0.1, 0.15) is 0 Å². The lowest BCUT2D eigenvalue weighted by Gasteiger charge is -2.08. The van der Waals surface area contributed by atoms with Crippen LogP contribution < -0.4 is 10.6 Å². The third-order valence-electron chi connectivity index (χ3n) is 1.57. The maximum Gasteiger partial charge on any atom is 0.183 e. The summed E-state index contributed by atoms with van der Waals surface area (Å²) >= 11 is 5.54. The molecule has 0 aliphatic heterocycles. The Balaban J connectivity index is 3.13. The number of ether oxygens (including phenoxy) is 1. The second kappa shape index (κ2) is 4.41. The van der Waals surface area contributed by atoms with Crippen molar-refractivity contribution in [2.75, 3.05) is 7.11 Å². The van der Waals surface area contributed by atoms with Crippen molar-refractivity contribution in [2.24, 2.45) is 5.90 Å². The molecule has 0 atom stereocenters. The van der Waals surface area contributed by atoms with Crippen molar-refractivity contribution in [3.8, 4) is 5.75 Å². The summed E-state index contributed by atoms with van der Waals surface area (Å²) in [4.78, 5) is 4.38. The molecule has 0 heterocycles. The average molecular weight is 206 g/mol. The largest absolute Gasteiger partial charge is 0.493 e. The third-order valence-corrected chi connectivity index (χ3v) is 1.87. The first-order chi connectivity index (χ1) is 6.20. The highest BCUT2D eigenvalue weighted by Gasteiger charge is 2.12. The molecule has 0 unspecified atom stereocenters. The van der Waals surface area contributed by atoms with Crippen molar-refractivity contribution in [1.29, 1.82) is 0 Å². The second-order valence-corrected chi connectivity index (χ2v) is 2.77. The van der Waals surface area contributed by atoms with Crippen LogP contribution in [0.5, 0.6) is 5.75 Å². The minimum Gasteiger partial charge on any atom is -0.493 e. The van der Waals surface area contributed by atoms with Crippen LogP contribution in [-0.4, -0.2) is 7.11 Å². The van der Waals surface area contributed by atoms with Gasteiger partial charge >= 0.3 is 0 Å². The van der Waals surface area contributed by atoms with E-state index in [0.717, 1.165) is 0 Å². The Labute approximate surface area is 80.2 Å². The molecule has 0 radical (unpaired) electrons. The molecule has 0 aliphatic rings. The number of nitrogens with two attached hydrogens (primary N) is 1. The molecule has 0 aromatic heterocycles. The van der Waals surface area contributed by atoms with E-state index in [-0.39, 0.29) is 17.4 Å². The van der Waals surface area contributed by atoms with E-state index in [1.165, 1.54) is 13.2 Å². The van der Waals surface area contributed by atoms with Crippen LogP contribution in [0.15, 0.2) is 12.1 Å². The van der Waals surface area contributed by atoms with Crippen molar-refractivity contribution in [3.63, 3.8) is 0 Å². The van der Waals surface area contributed by atoms with Gasteiger partial charge < -0.3 is 4.74 Å². The van der Waals surface area contributed by atoms with E-state index < -0.39 is 5.82 Å². The molecule has 2 N–H and O–H groups in total. The summed E-state index contributed by atoms with van der Waals surface area (Å²) in [5.41, 5.74) is 0.520. The molecule has 1 rings (SSSR count). The molecule has 0 fully saturated rings. The molecule has 0 spiro atoms. The Bertz CT molecular complexity index is 306. The number of halogens is 2. The van der Waals surface area contributed by atoms with Gasteiger partial charge in [0.25, 0.3) is 0 Å². The van der Waals surface area contributed by atoms with E-state index in [1.807, 2.05) is 0 Å². The van der Waals surface area contributed by atoms with Gasteiger partial charge in [-0.25, -0.2) is 10.3 Å². The van der Waals surface area contributed by atoms with E-state index in [9.17, 15) is 4.39 Å². The fourth-order valence-electron chi connectivity index (χ4n) is 0.996. The Hall–Kier alpha value is -0.840. The normalized spacial score (nSPS) is 10.2. The maximum atomic E-state index is 13.2. The van der Waals surface area contributed by atoms with Crippen molar-refractivity contribution < 1.29 is 14.0 Å². The van der Waals surface area contributed by atoms with E-state index in [0.29, 0.717) is 5.56 Å². The molecule has 72 valence electrons. The zero-order chi connectivity index (χ0) is 9.84. The summed E-state index contributed by atoms with van der Waals surface area (Å²) in [6.07, 6.45) is 0. The zero-order valence-corrected chi connectivity index (χ0v) is 7.77. The van der Waals surface area contributed by atoms with Crippen LogP contribution in [-0.2, 0) is 11.4 Å². The minimum atomic E-state index is -0.598. The molecular weight excluding hydrogens is 197 g/mol.